The van der Waals surface area contributed by atoms with E-state index in [0.29, 0.717) is 59.7 Å². The molecule has 45 heavy (non-hydrogen) atoms. The van der Waals surface area contributed by atoms with Gasteiger partial charge in [0.25, 0.3) is 0 Å². The van der Waals surface area contributed by atoms with Crippen molar-refractivity contribution in [1.82, 2.24) is 14.6 Å². The number of aromatic nitrogens is 3. The second-order valence-electron chi connectivity index (χ2n) is 12.9. The van der Waals surface area contributed by atoms with E-state index in [0.717, 1.165) is 35.3 Å². The van der Waals surface area contributed by atoms with Gasteiger partial charge in [-0.05, 0) is 83.4 Å². The molecule has 1 N–H and O–H groups in total. The fourth-order valence-corrected chi connectivity index (χ4v) is 6.18. The Kier molecular flexibility index (Phi) is 8.37. The number of carboxylic acids is 1. The van der Waals surface area contributed by atoms with Crippen LogP contribution < -0.4 is 9.64 Å². The molecule has 0 amide bonds. The first-order valence-electron chi connectivity index (χ1n) is 15.3. The maximum atomic E-state index is 12.8. The number of hydrogen-bond donors (Lipinski definition) is 1. The van der Waals surface area contributed by atoms with Crippen molar-refractivity contribution in [2.24, 2.45) is 0 Å². The van der Waals surface area contributed by atoms with Crippen LogP contribution in [-0.4, -0.2) is 63.2 Å². The average Bonchev–Trinajstić information content (AvgIpc) is 3.41. The van der Waals surface area contributed by atoms with Crippen molar-refractivity contribution >= 4 is 29.0 Å². The van der Waals surface area contributed by atoms with E-state index in [1.165, 1.54) is 0 Å². The number of aryl methyl sites for hydroxylation is 1. The molecule has 3 aliphatic heterocycles. The van der Waals surface area contributed by atoms with Gasteiger partial charge in [-0.25, -0.2) is 9.78 Å². The molecule has 0 aliphatic carbocycles. The predicted octanol–water partition coefficient (Wildman–Crippen LogP) is 7.29. The van der Waals surface area contributed by atoms with Crippen LogP contribution in [0.5, 0.6) is 5.75 Å². The van der Waals surface area contributed by atoms with Crippen LogP contribution in [0.3, 0.4) is 0 Å². The van der Waals surface area contributed by atoms with Gasteiger partial charge in [-0.1, -0.05) is 35.9 Å². The molecule has 6 bridgehead atoms. The molecule has 1 saturated heterocycles. The van der Waals surface area contributed by atoms with Crippen molar-refractivity contribution in [3.8, 4) is 28.1 Å². The predicted molar refractivity (Wildman–Crippen MR) is 175 cm³/mol. The highest BCUT2D eigenvalue weighted by Gasteiger charge is 2.37. The molecule has 10 heteroatoms. The van der Waals surface area contributed by atoms with Crippen LogP contribution in [0.1, 0.15) is 57.9 Å². The number of piperidine rings is 1. The van der Waals surface area contributed by atoms with Gasteiger partial charge >= 0.3 is 5.97 Å². The number of ether oxygens (including phenoxy) is 3. The van der Waals surface area contributed by atoms with Gasteiger partial charge in [0.05, 0.1) is 29.1 Å². The molecule has 236 valence electrons. The number of halogens is 1. The highest BCUT2D eigenvalue weighted by molar-refractivity contribution is 6.31. The van der Waals surface area contributed by atoms with Crippen LogP contribution in [-0.2, 0) is 14.3 Å². The lowest BCUT2D eigenvalue weighted by Gasteiger charge is -2.41. The van der Waals surface area contributed by atoms with E-state index in [2.05, 4.69) is 17.9 Å². The van der Waals surface area contributed by atoms with Crippen LogP contribution in [0.15, 0.2) is 60.7 Å². The molecule has 3 aliphatic rings. The van der Waals surface area contributed by atoms with Gasteiger partial charge in [-0.15, -0.1) is 0 Å². The molecule has 1 atom stereocenters. The number of fused-ring (bicyclic) bond motifs is 6. The first-order valence-corrected chi connectivity index (χ1v) is 15.7. The van der Waals surface area contributed by atoms with E-state index in [1.807, 2.05) is 82.3 Å². The molecular weight excluding hydrogens is 592 g/mol. The minimum Gasteiger partial charge on any atom is -0.489 e. The lowest BCUT2D eigenvalue weighted by Crippen LogP contribution is -2.45. The van der Waals surface area contributed by atoms with Gasteiger partial charge in [-0.2, -0.15) is 9.61 Å². The van der Waals surface area contributed by atoms with Gasteiger partial charge < -0.3 is 24.2 Å². The third kappa shape index (κ3) is 6.57. The number of benzene rings is 2. The zero-order valence-electron chi connectivity index (χ0n) is 26.3. The molecule has 2 aromatic carbocycles. The Morgan fingerprint density at radius 2 is 1.80 bits per heavy atom. The van der Waals surface area contributed by atoms with Crippen LogP contribution in [0, 0.1) is 6.92 Å². The third-order valence-electron chi connectivity index (χ3n) is 8.32. The molecule has 0 saturated carbocycles. The first kappa shape index (κ1) is 31.1. The van der Waals surface area contributed by atoms with Crippen molar-refractivity contribution in [2.75, 3.05) is 31.2 Å². The van der Waals surface area contributed by atoms with E-state index in [-0.39, 0.29) is 5.60 Å². The lowest BCUT2D eigenvalue weighted by atomic mass is 9.92. The third-order valence-corrected chi connectivity index (χ3v) is 8.56. The van der Waals surface area contributed by atoms with E-state index in [1.54, 1.807) is 4.52 Å². The summed E-state index contributed by atoms with van der Waals surface area (Å²) in [6.45, 7) is 11.7. The van der Waals surface area contributed by atoms with Crippen LogP contribution in [0.25, 0.3) is 28.0 Å². The normalized spacial score (nSPS) is 17.3. The minimum absolute atomic E-state index is 0.335. The topological polar surface area (TPSA) is 98.4 Å². The zero-order valence-corrected chi connectivity index (χ0v) is 27.1. The Bertz CT molecular complexity index is 1770. The quantitative estimate of drug-likeness (QED) is 0.236. The summed E-state index contributed by atoms with van der Waals surface area (Å²) in [7, 11) is 0. The lowest BCUT2D eigenvalue weighted by molar-refractivity contribution is -0.160. The molecule has 2 aromatic heterocycles. The Morgan fingerprint density at radius 1 is 1.07 bits per heavy atom. The molecule has 5 heterocycles. The maximum absolute atomic E-state index is 12.8. The summed E-state index contributed by atoms with van der Waals surface area (Å²) < 4.78 is 20.5. The van der Waals surface area contributed by atoms with E-state index in [4.69, 9.17) is 35.9 Å². The zero-order chi connectivity index (χ0) is 31.9. The van der Waals surface area contributed by atoms with E-state index in [9.17, 15) is 9.90 Å². The Morgan fingerprint density at radius 3 is 2.53 bits per heavy atom. The molecule has 9 nitrogen and oxygen atoms in total. The summed E-state index contributed by atoms with van der Waals surface area (Å²) in [5.41, 5.74) is 4.07. The maximum Gasteiger partial charge on any atom is 0.337 e. The van der Waals surface area contributed by atoms with Gasteiger partial charge in [-0.3, -0.25) is 0 Å². The number of carbonyl (C=O) groups is 1. The molecule has 0 unspecified atom stereocenters. The fraction of sp³-hybridized carbons (Fsp3) is 0.400. The molecule has 0 radical (unpaired) electrons. The van der Waals surface area contributed by atoms with Crippen LogP contribution >= 0.6 is 11.6 Å². The largest absolute Gasteiger partial charge is 0.489 e. The number of carboxylic acid groups (broad SMARTS) is 1. The molecular formula is C35H39ClN4O5. The van der Waals surface area contributed by atoms with Gasteiger partial charge in [0.2, 0.25) is 0 Å². The second-order valence-corrected chi connectivity index (χ2v) is 13.4. The number of anilines is 1. The van der Waals surface area contributed by atoms with Crippen molar-refractivity contribution in [3.05, 3.63) is 77.0 Å². The summed E-state index contributed by atoms with van der Waals surface area (Å²) in [5.74, 6) is 0.329. The highest BCUT2D eigenvalue weighted by Crippen LogP contribution is 2.39. The van der Waals surface area contributed by atoms with Gasteiger partial charge in [0.1, 0.15) is 18.2 Å². The average molecular weight is 631 g/mol. The van der Waals surface area contributed by atoms with Crippen LogP contribution in [0.4, 0.5) is 5.82 Å². The summed E-state index contributed by atoms with van der Waals surface area (Å²) in [4.78, 5) is 19.8. The number of rotatable bonds is 3. The summed E-state index contributed by atoms with van der Waals surface area (Å²) >= 11 is 6.43. The number of aliphatic carboxylic acids is 1. The molecule has 7 rings (SSSR count). The molecule has 1 fully saturated rings. The first-order chi connectivity index (χ1) is 21.4. The van der Waals surface area contributed by atoms with E-state index < -0.39 is 17.7 Å². The number of hydrogen-bond acceptors (Lipinski definition) is 7. The second kappa shape index (κ2) is 12.1. The highest BCUT2D eigenvalue weighted by atomic mass is 35.5. The van der Waals surface area contributed by atoms with E-state index >= 15 is 0 Å². The summed E-state index contributed by atoms with van der Waals surface area (Å²) in [6, 6.07) is 15.6. The number of nitrogens with zero attached hydrogens (tertiary/aromatic N) is 4. The Balaban J connectivity index is 1.56. The van der Waals surface area contributed by atoms with Crippen molar-refractivity contribution < 1.29 is 24.1 Å². The van der Waals surface area contributed by atoms with Gasteiger partial charge in [0, 0.05) is 41.0 Å². The van der Waals surface area contributed by atoms with Crippen molar-refractivity contribution in [1.29, 1.82) is 0 Å². The minimum atomic E-state index is -1.23. The SMILES string of the molecule is Cc1nc2cc3nn2c(c1[C@H](OC(C)(C)C)C(=O)O)N1CCC(C)(CC1)OCC=CCOc1ccc(Cl)cc1-c1cccc-3c1. The van der Waals surface area contributed by atoms with Crippen molar-refractivity contribution in [2.45, 2.75) is 64.8 Å². The smallest absolute Gasteiger partial charge is 0.337 e. The monoisotopic (exact) mass is 630 g/mol. The summed E-state index contributed by atoms with van der Waals surface area (Å²) in [6.07, 6.45) is 4.23. The molecule has 0 spiro atoms. The standard InChI is InChI=1S/C35H39ClN4O5/c1-22-30(31(33(41)42)45-34(2,3)4)32-39-15-13-35(5,14-16-39)44-18-7-6-17-43-28-12-11-25(36)20-26(28)23-9-8-10-24(19-23)27-21-29(37-22)40(32)38-27/h6-12,19-21,31H,13-18H2,1-5H3,(H,41,42)/t31-/m0/s1. The van der Waals surface area contributed by atoms with Crippen LogP contribution in [0.2, 0.25) is 5.02 Å². The summed E-state index contributed by atoms with van der Waals surface area (Å²) in [5, 5.41) is 16.1. The van der Waals surface area contributed by atoms with Gasteiger partial charge in [0.15, 0.2) is 11.8 Å². The fourth-order valence-electron chi connectivity index (χ4n) is 6.01. The van der Waals surface area contributed by atoms with Crippen molar-refractivity contribution in [3.63, 3.8) is 0 Å². The Hall–Kier alpha value is -3.92. The molecule has 4 aromatic rings. The Labute approximate surface area is 268 Å².